The van der Waals surface area contributed by atoms with Gasteiger partial charge in [-0.2, -0.15) is 0 Å². The van der Waals surface area contributed by atoms with Crippen LogP contribution in [-0.4, -0.2) is 20.3 Å². The van der Waals surface area contributed by atoms with Gasteiger partial charge in [0.15, 0.2) is 11.6 Å². The van der Waals surface area contributed by atoms with E-state index in [1.165, 1.54) is 22.8 Å². The molecule has 2 heterocycles. The highest BCUT2D eigenvalue weighted by Gasteiger charge is 2.13. The molecule has 4 aromatic rings. The molecule has 0 bridgehead atoms. The molecule has 0 aliphatic carbocycles. The van der Waals surface area contributed by atoms with E-state index in [-0.39, 0.29) is 30.5 Å². The summed E-state index contributed by atoms with van der Waals surface area (Å²) in [5.74, 6) is -0.380. The van der Waals surface area contributed by atoms with Gasteiger partial charge < -0.3 is 15.5 Å². The van der Waals surface area contributed by atoms with Gasteiger partial charge in [0.25, 0.3) is 5.56 Å². The Morgan fingerprint density at radius 3 is 2.54 bits per heavy atom. The number of halogens is 2. The minimum absolute atomic E-state index is 0.0647. The molecule has 0 atom stereocenters. The number of pyridine rings is 1. The number of anilines is 2. The fourth-order valence-electron chi connectivity index (χ4n) is 3.43. The van der Waals surface area contributed by atoms with Gasteiger partial charge in [-0.25, -0.2) is 14.2 Å². The maximum absolute atomic E-state index is 14.8. The summed E-state index contributed by atoms with van der Waals surface area (Å²) >= 11 is 5.96. The van der Waals surface area contributed by atoms with Gasteiger partial charge in [0, 0.05) is 41.7 Å². The monoisotopic (exact) mass is 493 g/mol. The lowest BCUT2D eigenvalue weighted by molar-refractivity contribution is 0.427. The van der Waals surface area contributed by atoms with Gasteiger partial charge in [-0.3, -0.25) is 13.9 Å². The molecule has 0 saturated carbocycles. The van der Waals surface area contributed by atoms with Crippen molar-refractivity contribution in [3.05, 3.63) is 110 Å². The molecule has 2 N–H and O–H groups in total. The second kappa shape index (κ2) is 10.4. The van der Waals surface area contributed by atoms with Crippen LogP contribution in [0.15, 0.2) is 76.3 Å². The summed E-state index contributed by atoms with van der Waals surface area (Å²) in [7, 11) is 0. The van der Waals surface area contributed by atoms with Crippen molar-refractivity contribution in [3.8, 4) is 11.6 Å². The van der Waals surface area contributed by atoms with Crippen LogP contribution in [0, 0.1) is 11.2 Å². The van der Waals surface area contributed by atoms with E-state index in [9.17, 15) is 14.0 Å². The quantitative estimate of drug-likeness (QED) is 0.343. The molecule has 2 aromatic carbocycles. The first-order valence-electron chi connectivity index (χ1n) is 10.7. The summed E-state index contributed by atoms with van der Waals surface area (Å²) < 4.78 is 22.8. The molecule has 0 saturated heterocycles. The van der Waals surface area contributed by atoms with Crippen LogP contribution in [0.2, 0.25) is 5.02 Å². The van der Waals surface area contributed by atoms with E-state index >= 15 is 0 Å². The molecule has 2 aromatic heterocycles. The summed E-state index contributed by atoms with van der Waals surface area (Å²) in [5, 5.41) is 10.8. The summed E-state index contributed by atoms with van der Waals surface area (Å²) in [5.41, 5.74) is 0.533. The third-order valence-electron chi connectivity index (χ3n) is 5.16. The average Bonchev–Trinajstić information content (AvgIpc) is 2.85. The molecule has 10 heteroatoms. The Kier molecular flexibility index (Phi) is 7.07. The van der Waals surface area contributed by atoms with Crippen LogP contribution in [-0.2, 0) is 13.1 Å². The van der Waals surface area contributed by atoms with Crippen molar-refractivity contribution < 1.29 is 9.13 Å². The molecule has 4 rings (SSSR count). The Balaban J connectivity index is 1.65. The smallest absolute Gasteiger partial charge is 0.332 e. The predicted molar refractivity (Wildman–Crippen MR) is 133 cm³/mol. The number of ether oxygens (including phenoxy) is 1. The second-order valence-corrected chi connectivity index (χ2v) is 7.96. The van der Waals surface area contributed by atoms with Crippen LogP contribution in [0.3, 0.4) is 0 Å². The van der Waals surface area contributed by atoms with E-state index in [1.54, 1.807) is 55.5 Å². The van der Waals surface area contributed by atoms with E-state index in [1.807, 2.05) is 0 Å². The van der Waals surface area contributed by atoms with Crippen molar-refractivity contribution in [1.29, 1.82) is 5.41 Å². The SMILES string of the molecule is CCn1c(=O)cc(Nc2ccc(Oc3cccc(C=N)n3)c(F)c2)n(Cc2ccc(Cl)cc2)c1=O. The summed E-state index contributed by atoms with van der Waals surface area (Å²) in [6.45, 7) is 2.10. The molecule has 0 amide bonds. The zero-order chi connectivity index (χ0) is 24.9. The minimum Gasteiger partial charge on any atom is -0.436 e. The number of nitrogens with zero attached hydrogens (tertiary/aromatic N) is 3. The number of hydrogen-bond donors (Lipinski definition) is 2. The van der Waals surface area contributed by atoms with Crippen LogP contribution in [0.25, 0.3) is 0 Å². The van der Waals surface area contributed by atoms with Gasteiger partial charge >= 0.3 is 5.69 Å². The van der Waals surface area contributed by atoms with Crippen LogP contribution in [0.5, 0.6) is 11.6 Å². The van der Waals surface area contributed by atoms with E-state index < -0.39 is 17.1 Å². The van der Waals surface area contributed by atoms with Gasteiger partial charge in [-0.05, 0) is 42.8 Å². The number of hydrogen-bond acceptors (Lipinski definition) is 6. The third-order valence-corrected chi connectivity index (χ3v) is 5.41. The van der Waals surface area contributed by atoms with Crippen molar-refractivity contribution in [2.75, 3.05) is 5.32 Å². The Bertz CT molecular complexity index is 1500. The number of nitrogens with one attached hydrogen (secondary N) is 2. The van der Waals surface area contributed by atoms with Gasteiger partial charge in [0.05, 0.1) is 12.2 Å². The largest absolute Gasteiger partial charge is 0.436 e. The van der Waals surface area contributed by atoms with Crippen LogP contribution in [0.4, 0.5) is 15.9 Å². The Hall–Kier alpha value is -4.24. The molecule has 0 radical (unpaired) electrons. The normalized spacial score (nSPS) is 10.7. The standard InChI is InChI=1S/C25H21ClFN5O3/c1-2-31-24(33)13-22(32(25(31)34)15-16-6-8-17(26)9-7-16)29-18-10-11-21(20(27)12-18)35-23-5-3-4-19(14-28)30-23/h3-14,28-29H,2,15H2,1H3. The van der Waals surface area contributed by atoms with E-state index in [0.717, 1.165) is 16.3 Å². The highest BCUT2D eigenvalue weighted by molar-refractivity contribution is 6.30. The fourth-order valence-corrected chi connectivity index (χ4v) is 3.55. The lowest BCUT2D eigenvalue weighted by atomic mass is 10.2. The highest BCUT2D eigenvalue weighted by atomic mass is 35.5. The Morgan fingerprint density at radius 1 is 1.09 bits per heavy atom. The third kappa shape index (κ3) is 5.47. The molecule has 35 heavy (non-hydrogen) atoms. The lowest BCUT2D eigenvalue weighted by Crippen LogP contribution is -2.40. The minimum atomic E-state index is -0.675. The molecule has 178 valence electrons. The number of rotatable bonds is 8. The Morgan fingerprint density at radius 2 is 1.86 bits per heavy atom. The average molecular weight is 494 g/mol. The van der Waals surface area contributed by atoms with E-state index in [0.29, 0.717) is 16.4 Å². The lowest BCUT2D eigenvalue weighted by Gasteiger charge is -2.17. The fraction of sp³-hybridized carbons (Fsp3) is 0.120. The summed E-state index contributed by atoms with van der Waals surface area (Å²) in [6, 6.07) is 17.3. The topological polar surface area (TPSA) is 102 Å². The van der Waals surface area contributed by atoms with Gasteiger partial charge in [-0.1, -0.05) is 29.8 Å². The van der Waals surface area contributed by atoms with Crippen molar-refractivity contribution in [1.82, 2.24) is 14.1 Å². The maximum Gasteiger partial charge on any atom is 0.332 e. The Labute approximate surface area is 204 Å². The van der Waals surface area contributed by atoms with Crippen molar-refractivity contribution in [3.63, 3.8) is 0 Å². The molecular weight excluding hydrogens is 473 g/mol. The molecule has 0 spiro atoms. The van der Waals surface area contributed by atoms with E-state index in [4.69, 9.17) is 21.7 Å². The molecule has 0 aliphatic rings. The van der Waals surface area contributed by atoms with Gasteiger partial charge in [-0.15, -0.1) is 0 Å². The zero-order valence-electron chi connectivity index (χ0n) is 18.7. The van der Waals surface area contributed by atoms with Crippen molar-refractivity contribution >= 4 is 29.3 Å². The number of benzene rings is 2. The van der Waals surface area contributed by atoms with Crippen LogP contribution >= 0.6 is 11.6 Å². The van der Waals surface area contributed by atoms with Crippen molar-refractivity contribution in [2.24, 2.45) is 0 Å². The van der Waals surface area contributed by atoms with Crippen LogP contribution in [0.1, 0.15) is 18.2 Å². The number of aromatic nitrogens is 3. The van der Waals surface area contributed by atoms with Crippen LogP contribution < -0.4 is 21.3 Å². The predicted octanol–water partition coefficient (Wildman–Crippen LogP) is 4.80. The highest BCUT2D eigenvalue weighted by Crippen LogP contribution is 2.27. The molecule has 8 nitrogen and oxygen atoms in total. The van der Waals surface area contributed by atoms with Gasteiger partial charge in [0.1, 0.15) is 5.82 Å². The molecule has 0 fully saturated rings. The summed E-state index contributed by atoms with van der Waals surface area (Å²) in [6.07, 6.45) is 1.06. The second-order valence-electron chi connectivity index (χ2n) is 7.52. The first-order chi connectivity index (χ1) is 16.9. The van der Waals surface area contributed by atoms with Crippen molar-refractivity contribution in [2.45, 2.75) is 20.0 Å². The maximum atomic E-state index is 14.8. The zero-order valence-corrected chi connectivity index (χ0v) is 19.4. The van der Waals surface area contributed by atoms with E-state index in [2.05, 4.69) is 10.3 Å². The first-order valence-corrected chi connectivity index (χ1v) is 11.1. The van der Waals surface area contributed by atoms with Gasteiger partial charge in [0.2, 0.25) is 5.88 Å². The summed E-state index contributed by atoms with van der Waals surface area (Å²) in [4.78, 5) is 29.6. The first kappa shape index (κ1) is 23.9. The molecule has 0 aliphatic heterocycles. The molecule has 0 unspecified atom stereocenters. The molecular formula is C25H21ClFN5O3.